The standard InChI is InChI=1S/C18H22N6O3S2/c1-5-24-16(11(2)27-14-8-6-7-13(9-14)26-4)21-23-18(24)28-10-15(25)19-17-22-20-12(3)29-17/h6-9,11H,5,10H2,1-4H3,(H,19,22,25). The first-order chi connectivity index (χ1) is 14.0. The Bertz CT molecular complexity index is 974. The molecule has 1 amide bonds. The minimum absolute atomic E-state index is 0.168. The Kier molecular flexibility index (Phi) is 7.04. The second-order valence-corrected chi connectivity index (χ2v) is 8.11. The van der Waals surface area contributed by atoms with Crippen LogP contribution in [-0.4, -0.2) is 43.7 Å². The molecular weight excluding hydrogens is 412 g/mol. The van der Waals surface area contributed by atoms with Crippen LogP contribution in [0.15, 0.2) is 29.4 Å². The van der Waals surface area contributed by atoms with Crippen molar-refractivity contribution >= 4 is 34.1 Å². The predicted octanol–water partition coefficient (Wildman–Crippen LogP) is 3.34. The third-order valence-corrected chi connectivity index (χ3v) is 5.60. The maximum atomic E-state index is 12.1. The number of hydrogen-bond donors (Lipinski definition) is 1. The summed E-state index contributed by atoms with van der Waals surface area (Å²) in [6, 6.07) is 7.40. The summed E-state index contributed by atoms with van der Waals surface area (Å²) in [6.45, 7) is 6.41. The molecule has 3 aromatic rings. The van der Waals surface area contributed by atoms with E-state index >= 15 is 0 Å². The molecular formula is C18H22N6O3S2. The van der Waals surface area contributed by atoms with E-state index in [1.54, 1.807) is 7.11 Å². The summed E-state index contributed by atoms with van der Waals surface area (Å²) in [4.78, 5) is 12.1. The van der Waals surface area contributed by atoms with Crippen LogP contribution < -0.4 is 14.8 Å². The van der Waals surface area contributed by atoms with Crippen LogP contribution in [0.1, 0.15) is 30.8 Å². The van der Waals surface area contributed by atoms with E-state index in [4.69, 9.17) is 9.47 Å². The second-order valence-electron chi connectivity index (χ2n) is 5.99. The van der Waals surface area contributed by atoms with Crippen molar-refractivity contribution in [3.8, 4) is 11.5 Å². The van der Waals surface area contributed by atoms with Crippen LogP contribution in [0.4, 0.5) is 5.13 Å². The van der Waals surface area contributed by atoms with Gasteiger partial charge in [0.05, 0.1) is 12.9 Å². The molecule has 29 heavy (non-hydrogen) atoms. The lowest BCUT2D eigenvalue weighted by Gasteiger charge is -2.16. The highest BCUT2D eigenvalue weighted by Gasteiger charge is 2.20. The van der Waals surface area contributed by atoms with Crippen LogP contribution in [0.5, 0.6) is 11.5 Å². The zero-order valence-corrected chi connectivity index (χ0v) is 18.2. The van der Waals surface area contributed by atoms with Crippen molar-refractivity contribution in [3.05, 3.63) is 35.1 Å². The minimum Gasteiger partial charge on any atom is -0.497 e. The predicted molar refractivity (Wildman–Crippen MR) is 112 cm³/mol. The molecule has 1 atom stereocenters. The van der Waals surface area contributed by atoms with Gasteiger partial charge in [-0.1, -0.05) is 29.2 Å². The van der Waals surface area contributed by atoms with E-state index in [0.29, 0.717) is 28.4 Å². The van der Waals surface area contributed by atoms with Crippen molar-refractivity contribution in [2.24, 2.45) is 0 Å². The summed E-state index contributed by atoms with van der Waals surface area (Å²) in [5.41, 5.74) is 0. The van der Waals surface area contributed by atoms with E-state index in [2.05, 4.69) is 25.7 Å². The largest absolute Gasteiger partial charge is 0.497 e. The van der Waals surface area contributed by atoms with Gasteiger partial charge in [-0.05, 0) is 32.9 Å². The van der Waals surface area contributed by atoms with Crippen LogP contribution >= 0.6 is 23.1 Å². The van der Waals surface area contributed by atoms with Crippen LogP contribution in [0.2, 0.25) is 0 Å². The summed E-state index contributed by atoms with van der Waals surface area (Å²) >= 11 is 2.65. The number of hydrogen-bond acceptors (Lipinski definition) is 9. The molecule has 9 nitrogen and oxygen atoms in total. The van der Waals surface area contributed by atoms with Crippen molar-refractivity contribution in [2.45, 2.75) is 38.6 Å². The van der Waals surface area contributed by atoms with Crippen molar-refractivity contribution in [1.82, 2.24) is 25.0 Å². The number of ether oxygens (including phenoxy) is 2. The summed E-state index contributed by atoms with van der Waals surface area (Å²) in [5.74, 6) is 2.13. The molecule has 0 radical (unpaired) electrons. The molecule has 1 N–H and O–H groups in total. The van der Waals surface area contributed by atoms with Crippen LogP contribution in [-0.2, 0) is 11.3 Å². The average Bonchev–Trinajstić information content (AvgIpc) is 3.31. The van der Waals surface area contributed by atoms with Gasteiger partial charge in [0.25, 0.3) is 0 Å². The zero-order chi connectivity index (χ0) is 20.8. The maximum Gasteiger partial charge on any atom is 0.236 e. The number of anilines is 1. The molecule has 0 saturated heterocycles. The highest BCUT2D eigenvalue weighted by Crippen LogP contribution is 2.27. The SMILES string of the molecule is CCn1c(SCC(=O)Nc2nnc(C)s2)nnc1C(C)Oc1cccc(OC)c1. The van der Waals surface area contributed by atoms with Crippen molar-refractivity contribution < 1.29 is 14.3 Å². The van der Waals surface area contributed by atoms with Crippen molar-refractivity contribution in [3.63, 3.8) is 0 Å². The van der Waals surface area contributed by atoms with E-state index in [1.807, 2.05) is 49.6 Å². The monoisotopic (exact) mass is 434 g/mol. The molecule has 0 fully saturated rings. The molecule has 0 aliphatic carbocycles. The first kappa shape index (κ1) is 21.1. The molecule has 0 spiro atoms. The summed E-state index contributed by atoms with van der Waals surface area (Å²) in [7, 11) is 1.61. The molecule has 1 unspecified atom stereocenters. The maximum absolute atomic E-state index is 12.1. The summed E-state index contributed by atoms with van der Waals surface area (Å²) in [6.07, 6.45) is -0.317. The summed E-state index contributed by atoms with van der Waals surface area (Å²) < 4.78 is 13.2. The fraction of sp³-hybridized carbons (Fsp3) is 0.389. The van der Waals surface area contributed by atoms with Crippen LogP contribution in [0, 0.1) is 6.92 Å². The highest BCUT2D eigenvalue weighted by molar-refractivity contribution is 7.99. The van der Waals surface area contributed by atoms with E-state index in [-0.39, 0.29) is 17.8 Å². The van der Waals surface area contributed by atoms with Gasteiger partial charge >= 0.3 is 0 Å². The lowest BCUT2D eigenvalue weighted by Crippen LogP contribution is -2.15. The molecule has 3 rings (SSSR count). The molecule has 1 aromatic carbocycles. The lowest BCUT2D eigenvalue weighted by molar-refractivity contribution is -0.113. The fourth-order valence-electron chi connectivity index (χ4n) is 2.57. The number of aryl methyl sites for hydroxylation is 1. The van der Waals surface area contributed by atoms with E-state index < -0.39 is 0 Å². The smallest absolute Gasteiger partial charge is 0.236 e. The minimum atomic E-state index is -0.317. The molecule has 2 aromatic heterocycles. The van der Waals surface area contributed by atoms with Gasteiger partial charge in [0, 0.05) is 12.6 Å². The average molecular weight is 435 g/mol. The molecule has 0 aliphatic rings. The third-order valence-electron chi connectivity index (χ3n) is 3.88. The number of benzene rings is 1. The van der Waals surface area contributed by atoms with Crippen LogP contribution in [0.3, 0.4) is 0 Å². The normalized spacial score (nSPS) is 11.9. The van der Waals surface area contributed by atoms with Gasteiger partial charge in [0.1, 0.15) is 16.5 Å². The quantitative estimate of drug-likeness (QED) is 0.512. The topological polar surface area (TPSA) is 104 Å². The first-order valence-electron chi connectivity index (χ1n) is 8.96. The Balaban J connectivity index is 1.63. The Hall–Kier alpha value is -2.66. The number of thioether (sulfide) groups is 1. The van der Waals surface area contributed by atoms with Gasteiger partial charge in [0.15, 0.2) is 17.1 Å². The number of methoxy groups -OCH3 is 1. The molecule has 154 valence electrons. The van der Waals surface area contributed by atoms with Crippen LogP contribution in [0.25, 0.3) is 0 Å². The number of carbonyl (C=O) groups excluding carboxylic acids is 1. The van der Waals surface area contributed by atoms with Crippen molar-refractivity contribution in [1.29, 1.82) is 0 Å². The molecule has 0 aliphatic heterocycles. The molecule has 2 heterocycles. The number of aromatic nitrogens is 5. The highest BCUT2D eigenvalue weighted by atomic mass is 32.2. The number of amides is 1. The van der Waals surface area contributed by atoms with Gasteiger partial charge in [0.2, 0.25) is 11.0 Å². The van der Waals surface area contributed by atoms with Gasteiger partial charge in [-0.15, -0.1) is 20.4 Å². The van der Waals surface area contributed by atoms with Gasteiger partial charge in [-0.25, -0.2) is 0 Å². The lowest BCUT2D eigenvalue weighted by atomic mass is 10.3. The first-order valence-corrected chi connectivity index (χ1v) is 10.8. The van der Waals surface area contributed by atoms with Gasteiger partial charge in [-0.3, -0.25) is 10.1 Å². The summed E-state index contributed by atoms with van der Waals surface area (Å²) in [5, 5.41) is 21.0. The number of nitrogens with one attached hydrogen (secondary N) is 1. The Morgan fingerprint density at radius 3 is 2.76 bits per heavy atom. The Morgan fingerprint density at radius 1 is 1.28 bits per heavy atom. The number of carbonyl (C=O) groups is 1. The number of nitrogens with zero attached hydrogens (tertiary/aromatic N) is 5. The Labute approximate surface area is 176 Å². The van der Waals surface area contributed by atoms with Crippen molar-refractivity contribution in [2.75, 3.05) is 18.2 Å². The molecule has 0 bridgehead atoms. The second kappa shape index (κ2) is 9.70. The van der Waals surface area contributed by atoms with E-state index in [9.17, 15) is 4.79 Å². The van der Waals surface area contributed by atoms with Gasteiger partial charge < -0.3 is 14.0 Å². The number of rotatable bonds is 9. The third kappa shape index (κ3) is 5.45. The fourth-order valence-corrected chi connectivity index (χ4v) is 3.99. The zero-order valence-electron chi connectivity index (χ0n) is 16.6. The van der Waals surface area contributed by atoms with E-state index in [0.717, 1.165) is 10.8 Å². The molecule has 0 saturated carbocycles. The molecule has 11 heteroatoms. The van der Waals surface area contributed by atoms with Gasteiger partial charge in [-0.2, -0.15) is 0 Å². The Morgan fingerprint density at radius 2 is 2.07 bits per heavy atom. The van der Waals surface area contributed by atoms with E-state index in [1.165, 1.54) is 23.1 Å².